The fourth-order valence-electron chi connectivity index (χ4n) is 2.42. The summed E-state index contributed by atoms with van der Waals surface area (Å²) in [6, 6.07) is 12.9. The summed E-state index contributed by atoms with van der Waals surface area (Å²) in [5.41, 5.74) is 8.01. The molecule has 0 aliphatic rings. The second kappa shape index (κ2) is 8.82. The number of rotatable bonds is 8. The number of ether oxygens (including phenoxy) is 2. The van der Waals surface area contributed by atoms with Gasteiger partial charge in [-0.15, -0.1) is 0 Å². The maximum absolute atomic E-state index is 12.0. The maximum atomic E-state index is 12.0. The first kappa shape index (κ1) is 17.7. The first-order valence-electron chi connectivity index (χ1n) is 8.07. The van der Waals surface area contributed by atoms with Gasteiger partial charge in [-0.1, -0.05) is 12.1 Å². The van der Waals surface area contributed by atoms with Crippen molar-refractivity contribution in [2.45, 2.75) is 19.8 Å². The summed E-state index contributed by atoms with van der Waals surface area (Å²) in [4.78, 5) is 12.0. The van der Waals surface area contributed by atoms with Gasteiger partial charge in [0, 0.05) is 17.8 Å². The van der Waals surface area contributed by atoms with E-state index in [4.69, 9.17) is 15.2 Å². The predicted molar refractivity (Wildman–Crippen MR) is 95.7 cm³/mol. The van der Waals surface area contributed by atoms with E-state index in [-0.39, 0.29) is 5.91 Å². The van der Waals surface area contributed by atoms with Crippen molar-refractivity contribution in [2.24, 2.45) is 0 Å². The second-order valence-corrected chi connectivity index (χ2v) is 5.40. The highest BCUT2D eigenvalue weighted by atomic mass is 16.5. The van der Waals surface area contributed by atoms with Gasteiger partial charge in [0.2, 0.25) is 0 Å². The van der Waals surface area contributed by atoms with Crippen LogP contribution in [0.3, 0.4) is 0 Å². The molecule has 2 aromatic rings. The van der Waals surface area contributed by atoms with Crippen LogP contribution in [0, 0.1) is 0 Å². The number of carbonyl (C=O) groups is 1. The van der Waals surface area contributed by atoms with Crippen LogP contribution in [0.2, 0.25) is 0 Å². The highest BCUT2D eigenvalue weighted by Gasteiger charge is 2.07. The van der Waals surface area contributed by atoms with Crippen molar-refractivity contribution >= 4 is 11.6 Å². The number of hydrogen-bond acceptors (Lipinski definition) is 4. The number of nitrogens with two attached hydrogens (primary N) is 1. The van der Waals surface area contributed by atoms with Gasteiger partial charge >= 0.3 is 0 Å². The Morgan fingerprint density at radius 1 is 1.17 bits per heavy atom. The number of benzene rings is 2. The molecule has 2 aromatic carbocycles. The molecule has 0 radical (unpaired) electrons. The van der Waals surface area contributed by atoms with Gasteiger partial charge in [0.25, 0.3) is 5.91 Å². The van der Waals surface area contributed by atoms with Crippen molar-refractivity contribution < 1.29 is 14.3 Å². The first-order chi connectivity index (χ1) is 11.6. The molecule has 2 rings (SSSR count). The van der Waals surface area contributed by atoms with E-state index < -0.39 is 0 Å². The molecule has 0 saturated heterocycles. The van der Waals surface area contributed by atoms with E-state index in [2.05, 4.69) is 5.32 Å². The number of anilines is 1. The molecule has 128 valence electrons. The minimum atomic E-state index is -0.105. The fraction of sp³-hybridized carbons (Fsp3) is 0.316. The third-order valence-corrected chi connectivity index (χ3v) is 3.60. The van der Waals surface area contributed by atoms with Crippen LogP contribution in [0.1, 0.15) is 29.3 Å². The van der Waals surface area contributed by atoms with E-state index in [0.29, 0.717) is 24.4 Å². The molecule has 0 fully saturated rings. The zero-order chi connectivity index (χ0) is 17.4. The number of methoxy groups -OCH3 is 1. The zero-order valence-corrected chi connectivity index (χ0v) is 14.2. The average Bonchev–Trinajstić information content (AvgIpc) is 2.59. The number of aryl methyl sites for hydroxylation is 1. The number of nitrogen functional groups attached to an aromatic ring is 1. The molecule has 0 aromatic heterocycles. The van der Waals surface area contributed by atoms with Gasteiger partial charge in [0.1, 0.15) is 0 Å². The minimum absolute atomic E-state index is 0.105. The Morgan fingerprint density at radius 2 is 2.00 bits per heavy atom. The largest absolute Gasteiger partial charge is 0.493 e. The fourth-order valence-corrected chi connectivity index (χ4v) is 2.42. The van der Waals surface area contributed by atoms with Gasteiger partial charge in [0.05, 0.1) is 13.7 Å². The lowest BCUT2D eigenvalue weighted by molar-refractivity contribution is 0.0953. The van der Waals surface area contributed by atoms with Crippen LogP contribution in [-0.4, -0.2) is 26.2 Å². The van der Waals surface area contributed by atoms with Crippen LogP contribution in [0.4, 0.5) is 5.69 Å². The van der Waals surface area contributed by atoms with E-state index in [0.717, 1.165) is 29.9 Å². The summed E-state index contributed by atoms with van der Waals surface area (Å²) in [5.74, 6) is 1.38. The molecule has 1 amide bonds. The standard InChI is InChI=1S/C19H24N2O3/c1-3-24-18-12-14(9-10-17(18)23-2)6-5-11-21-19(22)15-7-4-8-16(20)13-15/h4,7-10,12-13H,3,5-6,11,20H2,1-2H3,(H,21,22). The molecule has 0 spiro atoms. The van der Waals surface area contributed by atoms with Crippen LogP contribution in [0.15, 0.2) is 42.5 Å². The monoisotopic (exact) mass is 328 g/mol. The number of nitrogens with one attached hydrogen (secondary N) is 1. The van der Waals surface area contributed by atoms with E-state index >= 15 is 0 Å². The van der Waals surface area contributed by atoms with E-state index in [1.807, 2.05) is 25.1 Å². The van der Waals surface area contributed by atoms with Gasteiger partial charge in [-0.05, 0) is 55.7 Å². The first-order valence-corrected chi connectivity index (χ1v) is 8.07. The molecule has 0 aliphatic carbocycles. The van der Waals surface area contributed by atoms with E-state index in [1.165, 1.54) is 0 Å². The Labute approximate surface area is 142 Å². The second-order valence-electron chi connectivity index (χ2n) is 5.40. The average molecular weight is 328 g/mol. The van der Waals surface area contributed by atoms with Crippen LogP contribution in [-0.2, 0) is 6.42 Å². The summed E-state index contributed by atoms with van der Waals surface area (Å²) in [6.45, 7) is 3.14. The lowest BCUT2D eigenvalue weighted by atomic mass is 10.1. The molecule has 0 aliphatic heterocycles. The Kier molecular flexibility index (Phi) is 6.49. The van der Waals surface area contributed by atoms with Gasteiger partial charge in [0.15, 0.2) is 11.5 Å². The van der Waals surface area contributed by atoms with E-state index in [1.54, 1.807) is 31.4 Å². The molecule has 0 heterocycles. The molecular weight excluding hydrogens is 304 g/mol. The molecule has 5 heteroatoms. The molecule has 3 N–H and O–H groups in total. The maximum Gasteiger partial charge on any atom is 0.251 e. The molecule has 0 atom stereocenters. The Bertz CT molecular complexity index is 686. The molecular formula is C19H24N2O3. The molecule has 5 nitrogen and oxygen atoms in total. The smallest absolute Gasteiger partial charge is 0.251 e. The predicted octanol–water partition coefficient (Wildman–Crippen LogP) is 3.04. The van der Waals surface area contributed by atoms with Crippen molar-refractivity contribution in [3.05, 3.63) is 53.6 Å². The third kappa shape index (κ3) is 4.91. The lowest BCUT2D eigenvalue weighted by Crippen LogP contribution is -2.24. The zero-order valence-electron chi connectivity index (χ0n) is 14.2. The van der Waals surface area contributed by atoms with Gasteiger partial charge in [-0.25, -0.2) is 0 Å². The highest BCUT2D eigenvalue weighted by molar-refractivity contribution is 5.94. The Morgan fingerprint density at radius 3 is 2.71 bits per heavy atom. The van der Waals surface area contributed by atoms with E-state index in [9.17, 15) is 4.79 Å². The third-order valence-electron chi connectivity index (χ3n) is 3.60. The van der Waals surface area contributed by atoms with Crippen LogP contribution >= 0.6 is 0 Å². The van der Waals surface area contributed by atoms with Crippen LogP contribution < -0.4 is 20.5 Å². The van der Waals surface area contributed by atoms with Crippen molar-refractivity contribution in [3.8, 4) is 11.5 Å². The summed E-state index contributed by atoms with van der Waals surface area (Å²) in [5, 5.41) is 2.91. The summed E-state index contributed by atoms with van der Waals surface area (Å²) < 4.78 is 10.9. The van der Waals surface area contributed by atoms with Gasteiger partial charge in [-0.2, -0.15) is 0 Å². The number of amides is 1. The quantitative estimate of drug-likeness (QED) is 0.577. The number of carbonyl (C=O) groups excluding carboxylic acids is 1. The topological polar surface area (TPSA) is 73.6 Å². The molecule has 0 unspecified atom stereocenters. The lowest BCUT2D eigenvalue weighted by Gasteiger charge is -2.11. The Balaban J connectivity index is 1.83. The Hall–Kier alpha value is -2.69. The van der Waals surface area contributed by atoms with Gasteiger partial charge < -0.3 is 20.5 Å². The molecule has 0 bridgehead atoms. The molecule has 24 heavy (non-hydrogen) atoms. The van der Waals surface area contributed by atoms with Crippen molar-refractivity contribution in [2.75, 3.05) is 26.0 Å². The van der Waals surface area contributed by atoms with Crippen LogP contribution in [0.25, 0.3) is 0 Å². The molecule has 0 saturated carbocycles. The summed E-state index contributed by atoms with van der Waals surface area (Å²) >= 11 is 0. The number of hydrogen-bond donors (Lipinski definition) is 2. The minimum Gasteiger partial charge on any atom is -0.493 e. The summed E-state index contributed by atoms with van der Waals surface area (Å²) in [7, 11) is 1.63. The highest BCUT2D eigenvalue weighted by Crippen LogP contribution is 2.28. The van der Waals surface area contributed by atoms with Gasteiger partial charge in [-0.3, -0.25) is 4.79 Å². The normalized spacial score (nSPS) is 10.2. The van der Waals surface area contributed by atoms with Crippen molar-refractivity contribution in [1.29, 1.82) is 0 Å². The van der Waals surface area contributed by atoms with Crippen molar-refractivity contribution in [3.63, 3.8) is 0 Å². The summed E-state index contributed by atoms with van der Waals surface area (Å²) in [6.07, 6.45) is 1.69. The van der Waals surface area contributed by atoms with Crippen molar-refractivity contribution in [1.82, 2.24) is 5.32 Å². The van der Waals surface area contributed by atoms with Crippen LogP contribution in [0.5, 0.6) is 11.5 Å². The SMILES string of the molecule is CCOc1cc(CCCNC(=O)c2cccc(N)c2)ccc1OC.